The molecule has 4 rings (SSSR count). The van der Waals surface area contributed by atoms with Gasteiger partial charge in [0.25, 0.3) is 0 Å². The average Bonchev–Trinajstić information content (AvgIpc) is 3.61. The Hall–Kier alpha value is -4.88. The van der Waals surface area contributed by atoms with Crippen molar-refractivity contribution in [2.45, 2.75) is 45.3 Å². The first-order valence-electron chi connectivity index (χ1n) is 12.4. The van der Waals surface area contributed by atoms with E-state index in [9.17, 15) is 19.2 Å². The van der Waals surface area contributed by atoms with E-state index in [1.165, 1.54) is 17.3 Å². The van der Waals surface area contributed by atoms with Gasteiger partial charge in [0.05, 0.1) is 19.3 Å². The molecule has 14 nitrogen and oxygen atoms in total. The van der Waals surface area contributed by atoms with E-state index in [0.717, 1.165) is 5.56 Å². The highest BCUT2D eigenvalue weighted by atomic mass is 16.6. The van der Waals surface area contributed by atoms with Crippen LogP contribution in [0.3, 0.4) is 0 Å². The first-order valence-corrected chi connectivity index (χ1v) is 12.4. The maximum Gasteiger partial charge on any atom is 0.413 e. The number of carbonyl (C=O) groups is 4. The number of nitrogens with one attached hydrogen (secondary N) is 4. The normalized spacial score (nSPS) is 15.5. The Labute approximate surface area is 223 Å². The molecule has 14 heteroatoms. The number of benzene rings is 1. The number of H-pyrrole nitrogens is 1. The smallest absolute Gasteiger partial charge is 0.409 e. The predicted molar refractivity (Wildman–Crippen MR) is 137 cm³/mol. The molecular formula is C25H29N9O5. The second-order valence-electron chi connectivity index (χ2n) is 8.96. The molecule has 1 aliphatic rings. The lowest BCUT2D eigenvalue weighted by molar-refractivity contribution is -0.128. The van der Waals surface area contributed by atoms with Crippen molar-refractivity contribution >= 4 is 29.5 Å². The molecule has 0 saturated heterocycles. The number of ether oxygens (including phenoxy) is 1. The molecule has 0 saturated carbocycles. The van der Waals surface area contributed by atoms with Crippen LogP contribution in [-0.2, 0) is 27.3 Å². The Balaban J connectivity index is 1.41. The van der Waals surface area contributed by atoms with Crippen molar-refractivity contribution < 1.29 is 23.9 Å². The van der Waals surface area contributed by atoms with Crippen molar-refractivity contribution in [3.05, 3.63) is 60.2 Å². The van der Waals surface area contributed by atoms with Crippen LogP contribution in [0.4, 0.5) is 10.5 Å². The fourth-order valence-electron chi connectivity index (χ4n) is 4.18. The number of carbonyl (C=O) groups excluding carboxylic acids is 4. The van der Waals surface area contributed by atoms with Gasteiger partial charge in [0.15, 0.2) is 11.6 Å². The van der Waals surface area contributed by atoms with Crippen molar-refractivity contribution in [3.8, 4) is 5.75 Å². The van der Waals surface area contributed by atoms with Gasteiger partial charge in [0, 0.05) is 18.3 Å². The van der Waals surface area contributed by atoms with Crippen LogP contribution in [0.25, 0.3) is 0 Å². The number of rotatable bonds is 10. The summed E-state index contributed by atoms with van der Waals surface area (Å²) in [6, 6.07) is 8.60. The third kappa shape index (κ3) is 6.71. The molecule has 1 aliphatic heterocycles. The van der Waals surface area contributed by atoms with Gasteiger partial charge in [0.1, 0.15) is 12.1 Å². The third-order valence-electron chi connectivity index (χ3n) is 6.38. The Bertz CT molecular complexity index is 1300. The zero-order valence-electron chi connectivity index (χ0n) is 21.5. The van der Waals surface area contributed by atoms with Crippen molar-refractivity contribution in [2.75, 3.05) is 11.4 Å². The summed E-state index contributed by atoms with van der Waals surface area (Å²) in [4.78, 5) is 57.1. The van der Waals surface area contributed by atoms with Gasteiger partial charge in [-0.1, -0.05) is 43.7 Å². The van der Waals surface area contributed by atoms with Gasteiger partial charge in [0.2, 0.25) is 17.7 Å². The highest BCUT2D eigenvalue weighted by molar-refractivity contribution is 6.05. The van der Waals surface area contributed by atoms with Gasteiger partial charge >= 0.3 is 6.09 Å². The minimum atomic E-state index is -0.952. The molecule has 1 aromatic carbocycles. The largest absolute Gasteiger partial charge is 0.413 e. The second-order valence-corrected chi connectivity index (χ2v) is 8.96. The molecule has 2 aromatic heterocycles. The van der Waals surface area contributed by atoms with Crippen molar-refractivity contribution in [1.82, 2.24) is 41.6 Å². The summed E-state index contributed by atoms with van der Waals surface area (Å²) in [7, 11) is 0. The van der Waals surface area contributed by atoms with E-state index < -0.39 is 35.9 Å². The molecule has 0 aliphatic carbocycles. The zero-order chi connectivity index (χ0) is 27.8. The van der Waals surface area contributed by atoms with Crippen LogP contribution in [0.2, 0.25) is 0 Å². The maximum absolute atomic E-state index is 13.4. The Kier molecular flexibility index (Phi) is 8.76. The van der Waals surface area contributed by atoms with Crippen molar-refractivity contribution in [3.63, 3.8) is 0 Å². The molecule has 4 N–H and O–H groups in total. The van der Waals surface area contributed by atoms with Crippen LogP contribution in [-0.4, -0.2) is 68.1 Å². The quantitative estimate of drug-likeness (QED) is 0.287. The molecule has 204 valence electrons. The lowest BCUT2D eigenvalue weighted by atomic mass is 9.98. The number of amides is 4. The number of tetrazole rings is 1. The molecule has 0 bridgehead atoms. The van der Waals surface area contributed by atoms with E-state index in [1.807, 2.05) is 19.1 Å². The Morgan fingerprint density at radius 3 is 2.69 bits per heavy atom. The van der Waals surface area contributed by atoms with Gasteiger partial charge in [-0.25, -0.2) is 4.79 Å². The van der Waals surface area contributed by atoms with Gasteiger partial charge in [-0.2, -0.15) is 5.21 Å². The van der Waals surface area contributed by atoms with E-state index in [1.54, 1.807) is 31.2 Å². The van der Waals surface area contributed by atoms with E-state index in [0.29, 0.717) is 24.4 Å². The predicted octanol–water partition coefficient (Wildman–Crippen LogP) is 0.488. The summed E-state index contributed by atoms with van der Waals surface area (Å²) < 4.78 is 5.20. The second kappa shape index (κ2) is 12.6. The summed E-state index contributed by atoms with van der Waals surface area (Å²) in [5, 5.41) is 21.3. The summed E-state index contributed by atoms with van der Waals surface area (Å²) in [6.45, 7) is 3.34. The molecule has 3 aromatic rings. The average molecular weight is 536 g/mol. The van der Waals surface area contributed by atoms with Crippen LogP contribution >= 0.6 is 0 Å². The maximum atomic E-state index is 13.4. The number of pyridine rings is 1. The summed E-state index contributed by atoms with van der Waals surface area (Å²) in [5.74, 6) is -1.15. The van der Waals surface area contributed by atoms with E-state index in [-0.39, 0.29) is 24.8 Å². The van der Waals surface area contributed by atoms with Crippen LogP contribution in [0, 0.1) is 5.92 Å². The monoisotopic (exact) mass is 535 g/mol. The van der Waals surface area contributed by atoms with Crippen molar-refractivity contribution in [1.29, 1.82) is 0 Å². The van der Waals surface area contributed by atoms with Crippen LogP contribution in [0.5, 0.6) is 5.75 Å². The van der Waals surface area contributed by atoms with E-state index in [2.05, 4.69) is 41.6 Å². The molecule has 0 fully saturated rings. The number of hydrogen-bond acceptors (Lipinski definition) is 9. The first kappa shape index (κ1) is 27.2. The molecule has 3 heterocycles. The molecular weight excluding hydrogens is 506 g/mol. The third-order valence-corrected chi connectivity index (χ3v) is 6.38. The van der Waals surface area contributed by atoms with Gasteiger partial charge in [-0.05, 0) is 29.7 Å². The first-order chi connectivity index (χ1) is 18.9. The lowest BCUT2D eigenvalue weighted by Crippen LogP contribution is -2.54. The standard InChI is InChI=1S/C25H29N9O5/c1-3-15(2)22(29-25(38)39-17-8-6-10-26-12-17)24(37)28-14-21(35)34-18-9-5-4-7-16(18)11-19(34)23(36)27-13-20-30-32-33-31-20/h4-10,12,15,19,22H,3,11,13-14H2,1-2H3,(H,27,36)(H,28,37)(H,29,38)(H,30,31,32,33)/t15-,19-,22?/m0/s1. The molecule has 4 amide bonds. The zero-order valence-corrected chi connectivity index (χ0v) is 21.5. The minimum Gasteiger partial charge on any atom is -0.409 e. The van der Waals surface area contributed by atoms with Crippen molar-refractivity contribution in [2.24, 2.45) is 5.92 Å². The van der Waals surface area contributed by atoms with Crippen LogP contribution in [0.15, 0.2) is 48.8 Å². The molecule has 1 unspecified atom stereocenters. The molecule has 0 spiro atoms. The Morgan fingerprint density at radius 1 is 1.15 bits per heavy atom. The Morgan fingerprint density at radius 2 is 1.97 bits per heavy atom. The van der Waals surface area contributed by atoms with Crippen LogP contribution < -0.4 is 25.6 Å². The fraction of sp³-hybridized carbons (Fsp3) is 0.360. The number of anilines is 1. The lowest BCUT2D eigenvalue weighted by Gasteiger charge is -2.26. The van der Waals surface area contributed by atoms with E-state index in [4.69, 9.17) is 4.74 Å². The number of hydrogen-bond donors (Lipinski definition) is 4. The number of fused-ring (bicyclic) bond motifs is 1. The van der Waals surface area contributed by atoms with Crippen LogP contribution in [0.1, 0.15) is 31.7 Å². The van der Waals surface area contributed by atoms with Gasteiger partial charge in [-0.15, -0.1) is 10.2 Å². The highest BCUT2D eigenvalue weighted by Gasteiger charge is 2.38. The summed E-state index contributed by atoms with van der Waals surface area (Å²) >= 11 is 0. The topological polar surface area (TPSA) is 184 Å². The minimum absolute atomic E-state index is 0.0400. The molecule has 0 radical (unpaired) electrons. The van der Waals surface area contributed by atoms with Gasteiger partial charge in [-0.3, -0.25) is 24.3 Å². The highest BCUT2D eigenvalue weighted by Crippen LogP contribution is 2.32. The number of aromatic amines is 1. The molecule has 39 heavy (non-hydrogen) atoms. The summed E-state index contributed by atoms with van der Waals surface area (Å²) in [6.07, 6.45) is 2.99. The number of aromatic nitrogens is 5. The summed E-state index contributed by atoms with van der Waals surface area (Å²) in [5.41, 5.74) is 1.42. The molecule has 3 atom stereocenters. The van der Waals surface area contributed by atoms with E-state index >= 15 is 0 Å². The SMILES string of the molecule is CC[C@H](C)C(NC(=O)Oc1cccnc1)C(=O)NCC(=O)N1c2ccccc2C[C@H]1C(=O)NCc1nn[nH]n1. The number of nitrogens with zero attached hydrogens (tertiary/aromatic N) is 5. The number of para-hydroxylation sites is 1. The fourth-order valence-corrected chi connectivity index (χ4v) is 4.18. The van der Waals surface area contributed by atoms with Gasteiger partial charge < -0.3 is 20.7 Å².